The van der Waals surface area contributed by atoms with Crippen molar-refractivity contribution in [2.24, 2.45) is 5.92 Å². The van der Waals surface area contributed by atoms with Crippen molar-refractivity contribution in [2.45, 2.75) is 46.1 Å². The third-order valence-electron chi connectivity index (χ3n) is 3.83. The Morgan fingerprint density at radius 1 is 1.48 bits per heavy atom. The summed E-state index contributed by atoms with van der Waals surface area (Å²) < 4.78 is 0. The number of aromatic nitrogens is 1. The van der Waals surface area contributed by atoms with Crippen LogP contribution in [0.4, 0.5) is 10.9 Å². The molecule has 0 saturated heterocycles. The van der Waals surface area contributed by atoms with Crippen molar-refractivity contribution in [1.29, 1.82) is 0 Å². The van der Waals surface area contributed by atoms with Crippen molar-refractivity contribution in [3.8, 4) is 0 Å². The fraction of sp³-hybridized carbons (Fsp3) is 0.733. The molecular formula is C15H26N4OS. The molecule has 5 nitrogen and oxygen atoms in total. The molecule has 1 heterocycles. The number of amides is 1. The predicted molar refractivity (Wildman–Crippen MR) is 89.0 cm³/mol. The molecule has 2 N–H and O–H groups in total. The van der Waals surface area contributed by atoms with E-state index in [0.717, 1.165) is 37.5 Å². The highest BCUT2D eigenvalue weighted by Gasteiger charge is 2.34. The largest absolute Gasteiger partial charge is 0.382 e. The van der Waals surface area contributed by atoms with Crippen molar-refractivity contribution in [3.63, 3.8) is 0 Å². The fourth-order valence-corrected chi connectivity index (χ4v) is 3.10. The van der Waals surface area contributed by atoms with Gasteiger partial charge < -0.3 is 15.5 Å². The minimum Gasteiger partial charge on any atom is -0.382 e. The number of carbonyl (C=O) groups is 1. The van der Waals surface area contributed by atoms with Crippen LogP contribution in [0, 0.1) is 5.92 Å². The van der Waals surface area contributed by atoms with Gasteiger partial charge in [-0.25, -0.2) is 4.98 Å². The third kappa shape index (κ3) is 3.87. The highest BCUT2D eigenvalue weighted by Crippen LogP contribution is 2.33. The molecule has 118 valence electrons. The van der Waals surface area contributed by atoms with Crippen molar-refractivity contribution >= 4 is 28.2 Å². The minimum atomic E-state index is 0.0592. The van der Waals surface area contributed by atoms with Crippen LogP contribution in [0.5, 0.6) is 0 Å². The van der Waals surface area contributed by atoms with Gasteiger partial charge in [-0.1, -0.05) is 25.2 Å². The van der Waals surface area contributed by atoms with Crippen molar-refractivity contribution in [1.82, 2.24) is 9.88 Å². The van der Waals surface area contributed by atoms with Gasteiger partial charge in [0.25, 0.3) is 5.91 Å². The summed E-state index contributed by atoms with van der Waals surface area (Å²) >= 11 is 1.41. The number of nitrogens with two attached hydrogens (primary N) is 1. The minimum absolute atomic E-state index is 0.0592. The third-order valence-corrected chi connectivity index (χ3v) is 5.01. The van der Waals surface area contributed by atoms with Crippen molar-refractivity contribution in [2.75, 3.05) is 30.8 Å². The first kappa shape index (κ1) is 16.1. The molecule has 1 aliphatic rings. The molecule has 1 fully saturated rings. The Labute approximate surface area is 131 Å². The molecule has 6 heteroatoms. The topological polar surface area (TPSA) is 62.5 Å². The predicted octanol–water partition coefficient (Wildman–Crippen LogP) is 2.83. The number of nitrogen functional groups attached to an aromatic ring is 1. The second kappa shape index (κ2) is 6.64. The number of carbonyl (C=O) groups excluding carboxylic acids is 1. The summed E-state index contributed by atoms with van der Waals surface area (Å²) in [6, 6.07) is 0.408. The van der Waals surface area contributed by atoms with Crippen LogP contribution < -0.4 is 10.6 Å². The second-order valence-electron chi connectivity index (χ2n) is 6.14. The lowest BCUT2D eigenvalue weighted by Crippen LogP contribution is -2.34. The molecule has 1 aromatic rings. The number of anilines is 2. The van der Waals surface area contributed by atoms with E-state index in [1.54, 1.807) is 0 Å². The number of rotatable bonds is 7. The van der Waals surface area contributed by atoms with Crippen molar-refractivity contribution < 1.29 is 4.79 Å². The highest BCUT2D eigenvalue weighted by molar-refractivity contribution is 7.18. The molecular weight excluding hydrogens is 284 g/mol. The lowest BCUT2D eigenvalue weighted by atomic mass is 10.1. The summed E-state index contributed by atoms with van der Waals surface area (Å²) in [5, 5.41) is 0.818. The molecule has 0 radical (unpaired) electrons. The van der Waals surface area contributed by atoms with Gasteiger partial charge in [-0.15, -0.1) is 0 Å². The molecule has 0 unspecified atom stereocenters. The first-order valence-corrected chi connectivity index (χ1v) is 8.54. The Bertz CT molecular complexity index is 496. The first-order valence-electron chi connectivity index (χ1n) is 7.72. The molecule has 1 aromatic heterocycles. The van der Waals surface area contributed by atoms with E-state index in [9.17, 15) is 4.79 Å². The van der Waals surface area contributed by atoms with E-state index >= 15 is 0 Å². The van der Waals surface area contributed by atoms with Gasteiger partial charge in [0.2, 0.25) is 0 Å². The number of nitrogens with zero attached hydrogens (tertiary/aromatic N) is 3. The van der Waals surface area contributed by atoms with Crippen LogP contribution in [0.3, 0.4) is 0 Å². The SMILES string of the molecule is CCN(C)c1nc(N)c(C(=O)N(CCC(C)C)C2CC2)s1. The maximum Gasteiger partial charge on any atom is 0.268 e. The van der Waals surface area contributed by atoms with E-state index in [2.05, 4.69) is 25.8 Å². The summed E-state index contributed by atoms with van der Waals surface area (Å²) in [4.78, 5) is 21.7. The Morgan fingerprint density at radius 2 is 2.14 bits per heavy atom. The normalized spacial score (nSPS) is 14.5. The average Bonchev–Trinajstić information content (AvgIpc) is 3.19. The molecule has 1 aliphatic carbocycles. The van der Waals surface area contributed by atoms with Gasteiger partial charge in [-0.2, -0.15) is 0 Å². The first-order chi connectivity index (χ1) is 9.93. The summed E-state index contributed by atoms with van der Waals surface area (Å²) in [6.45, 7) is 8.09. The van der Waals surface area contributed by atoms with Crippen molar-refractivity contribution in [3.05, 3.63) is 4.88 Å². The zero-order valence-corrected chi connectivity index (χ0v) is 14.2. The average molecular weight is 310 g/mol. The van der Waals surface area contributed by atoms with E-state index in [4.69, 9.17) is 5.73 Å². The van der Waals surface area contributed by atoms with Crippen LogP contribution in [0.1, 0.15) is 49.7 Å². The van der Waals surface area contributed by atoms with E-state index in [1.807, 2.05) is 16.8 Å². The van der Waals surface area contributed by atoms with E-state index < -0.39 is 0 Å². The molecule has 21 heavy (non-hydrogen) atoms. The fourth-order valence-electron chi connectivity index (χ4n) is 2.14. The van der Waals surface area contributed by atoms with Gasteiger partial charge in [0, 0.05) is 26.2 Å². The summed E-state index contributed by atoms with van der Waals surface area (Å²) in [7, 11) is 1.96. The maximum absolute atomic E-state index is 12.8. The van der Waals surface area contributed by atoms with Crippen LogP contribution in [-0.2, 0) is 0 Å². The van der Waals surface area contributed by atoms with E-state index in [1.165, 1.54) is 11.3 Å². The molecule has 0 spiro atoms. The Balaban J connectivity index is 2.14. The van der Waals surface area contributed by atoms with Crippen LogP contribution in [0.2, 0.25) is 0 Å². The van der Waals surface area contributed by atoms with E-state index in [0.29, 0.717) is 22.7 Å². The molecule has 0 bridgehead atoms. The molecule has 0 aliphatic heterocycles. The molecule has 0 atom stereocenters. The molecule has 2 rings (SSSR count). The zero-order chi connectivity index (χ0) is 15.6. The van der Waals surface area contributed by atoms with Crippen LogP contribution in [0.25, 0.3) is 0 Å². The Morgan fingerprint density at radius 3 is 2.67 bits per heavy atom. The lowest BCUT2D eigenvalue weighted by molar-refractivity contribution is 0.0741. The quantitative estimate of drug-likeness (QED) is 0.841. The molecule has 1 saturated carbocycles. The Kier molecular flexibility index (Phi) is 5.08. The van der Waals surface area contributed by atoms with Crippen LogP contribution >= 0.6 is 11.3 Å². The van der Waals surface area contributed by atoms with Gasteiger partial charge >= 0.3 is 0 Å². The van der Waals surface area contributed by atoms with Gasteiger partial charge in [-0.3, -0.25) is 4.79 Å². The second-order valence-corrected chi connectivity index (χ2v) is 7.11. The van der Waals surface area contributed by atoms with Gasteiger partial charge in [0.1, 0.15) is 10.7 Å². The standard InChI is InChI=1S/C15H26N4OS/c1-5-18(4)15-17-13(16)12(21-15)14(20)19(11-6-7-11)9-8-10(2)3/h10-11H,5-9,16H2,1-4H3. The maximum atomic E-state index is 12.8. The number of hydrogen-bond donors (Lipinski definition) is 1. The molecule has 0 aromatic carbocycles. The highest BCUT2D eigenvalue weighted by atomic mass is 32.1. The van der Waals surface area contributed by atoms with Gasteiger partial charge in [0.05, 0.1) is 0 Å². The Hall–Kier alpha value is -1.30. The summed E-state index contributed by atoms with van der Waals surface area (Å²) in [5.41, 5.74) is 5.97. The van der Waals surface area contributed by atoms with Gasteiger partial charge in [0.15, 0.2) is 5.13 Å². The summed E-state index contributed by atoms with van der Waals surface area (Å²) in [5.74, 6) is 1.03. The molecule has 1 amide bonds. The van der Waals surface area contributed by atoms with Crippen LogP contribution in [0.15, 0.2) is 0 Å². The van der Waals surface area contributed by atoms with E-state index in [-0.39, 0.29) is 5.91 Å². The monoisotopic (exact) mass is 310 g/mol. The summed E-state index contributed by atoms with van der Waals surface area (Å²) in [6.07, 6.45) is 3.26. The van der Waals surface area contributed by atoms with Gasteiger partial charge in [-0.05, 0) is 32.1 Å². The number of hydrogen-bond acceptors (Lipinski definition) is 5. The lowest BCUT2D eigenvalue weighted by Gasteiger charge is -2.22. The van der Waals surface area contributed by atoms with Crippen LogP contribution in [-0.4, -0.2) is 42.0 Å². The smallest absolute Gasteiger partial charge is 0.268 e. The zero-order valence-electron chi connectivity index (χ0n) is 13.4. The number of thiazole rings is 1.